The summed E-state index contributed by atoms with van der Waals surface area (Å²) in [4.78, 5) is 39.0. The summed E-state index contributed by atoms with van der Waals surface area (Å²) in [5.74, 6) is -1.34. The van der Waals surface area contributed by atoms with E-state index in [9.17, 15) is 24.6 Å². The van der Waals surface area contributed by atoms with Gasteiger partial charge in [0.2, 0.25) is 0 Å². The lowest BCUT2D eigenvalue weighted by Crippen LogP contribution is -2.41. The third-order valence-electron chi connectivity index (χ3n) is 8.60. The van der Waals surface area contributed by atoms with Gasteiger partial charge in [0.05, 0.1) is 18.6 Å². The Bertz CT molecular complexity index is 1050. The number of carbonyl (C=O) groups is 3. The second-order valence-electron chi connectivity index (χ2n) is 13.1. The van der Waals surface area contributed by atoms with Crippen LogP contribution >= 0.6 is 0 Å². The highest BCUT2D eigenvalue weighted by Crippen LogP contribution is 2.32. The lowest BCUT2D eigenvalue weighted by atomic mass is 9.90. The molecule has 0 aromatic heterocycles. The average molecular weight is 636 g/mol. The van der Waals surface area contributed by atoms with Crippen LogP contribution in [0.15, 0.2) is 36.0 Å². The Morgan fingerprint density at radius 3 is 2.53 bits per heavy atom. The molecule has 0 spiro atoms. The van der Waals surface area contributed by atoms with Crippen molar-refractivity contribution in [2.45, 2.75) is 142 Å². The molecule has 2 rings (SSSR count). The molecule has 10 heteroatoms. The molecule has 0 saturated carbocycles. The molecule has 1 saturated heterocycles. The normalized spacial score (nSPS) is 31.9. The van der Waals surface area contributed by atoms with Crippen LogP contribution in [-0.4, -0.2) is 89.0 Å². The Morgan fingerprint density at radius 1 is 1.22 bits per heavy atom. The van der Waals surface area contributed by atoms with Gasteiger partial charge in [0.25, 0.3) is 0 Å². The Hall–Kier alpha value is -2.69. The molecule has 1 fully saturated rings. The van der Waals surface area contributed by atoms with Crippen molar-refractivity contribution >= 4 is 18.0 Å². The molecule has 9 unspecified atom stereocenters. The smallest absolute Gasteiger partial charge is 0.409 e. The minimum atomic E-state index is -1.42. The molecule has 45 heavy (non-hydrogen) atoms. The van der Waals surface area contributed by atoms with Gasteiger partial charge in [0.1, 0.15) is 30.0 Å². The molecule has 2 aliphatic heterocycles. The molecule has 10 nitrogen and oxygen atoms in total. The van der Waals surface area contributed by atoms with Crippen molar-refractivity contribution < 1.29 is 43.5 Å². The van der Waals surface area contributed by atoms with E-state index in [-0.39, 0.29) is 49.4 Å². The number of unbranched alkanes of at least 4 members (excludes halogenated alkanes) is 3. The number of nitrogens with zero attached hydrogens (tertiary/aromatic N) is 1. The highest BCUT2D eigenvalue weighted by Gasteiger charge is 2.46. The highest BCUT2D eigenvalue weighted by atomic mass is 16.6. The summed E-state index contributed by atoms with van der Waals surface area (Å²) in [5, 5.41) is 21.5. The van der Waals surface area contributed by atoms with Gasteiger partial charge in [-0.2, -0.15) is 0 Å². The number of esters is 2. The number of aliphatic hydroxyl groups excluding tert-OH is 1. The second kappa shape index (κ2) is 18.5. The van der Waals surface area contributed by atoms with Crippen molar-refractivity contribution in [1.29, 1.82) is 0 Å². The molecule has 2 N–H and O–H groups in total. The zero-order valence-electron chi connectivity index (χ0n) is 28.6. The highest BCUT2D eigenvalue weighted by molar-refractivity contribution is 5.70. The zero-order chi connectivity index (χ0) is 33.7. The Kier molecular flexibility index (Phi) is 15.8. The molecule has 0 aromatic rings. The van der Waals surface area contributed by atoms with Gasteiger partial charge in [-0.25, -0.2) is 4.79 Å². The third-order valence-corrected chi connectivity index (χ3v) is 8.60. The van der Waals surface area contributed by atoms with Gasteiger partial charge in [-0.3, -0.25) is 9.59 Å². The maximum Gasteiger partial charge on any atom is 0.409 e. The topological polar surface area (TPSA) is 135 Å². The van der Waals surface area contributed by atoms with Gasteiger partial charge >= 0.3 is 18.0 Å². The van der Waals surface area contributed by atoms with Crippen LogP contribution in [0.3, 0.4) is 0 Å². The summed E-state index contributed by atoms with van der Waals surface area (Å²) in [6.07, 6.45) is 10.6. The Balaban J connectivity index is 2.17. The molecule has 2 aliphatic rings. The predicted octanol–water partition coefficient (Wildman–Crippen LogP) is 5.65. The predicted molar refractivity (Wildman–Crippen MR) is 172 cm³/mol. The number of epoxide rings is 1. The quantitative estimate of drug-likeness (QED) is 0.0696. The van der Waals surface area contributed by atoms with Crippen molar-refractivity contribution in [3.05, 3.63) is 36.0 Å². The summed E-state index contributed by atoms with van der Waals surface area (Å²) in [6.45, 7) is 13.4. The van der Waals surface area contributed by atoms with E-state index in [4.69, 9.17) is 18.9 Å². The molecule has 0 bridgehead atoms. The number of hydrogen-bond acceptors (Lipinski definition) is 9. The fourth-order valence-corrected chi connectivity index (χ4v) is 5.52. The second-order valence-corrected chi connectivity index (χ2v) is 13.1. The molecular weight excluding hydrogens is 578 g/mol. The number of carbonyl (C=O) groups excluding carboxylic acids is 3. The minimum absolute atomic E-state index is 0.0130. The number of allylic oxidation sites excluding steroid dienone is 3. The Labute approximate surface area is 269 Å². The number of hydrogen-bond donors (Lipinski definition) is 2. The molecule has 9 atom stereocenters. The van der Waals surface area contributed by atoms with Gasteiger partial charge in [0, 0.05) is 32.4 Å². The first-order valence-corrected chi connectivity index (χ1v) is 16.5. The fraction of sp³-hybridized carbons (Fsp3) is 0.743. The monoisotopic (exact) mass is 635 g/mol. The molecule has 1 amide bonds. The fourth-order valence-electron chi connectivity index (χ4n) is 5.52. The van der Waals surface area contributed by atoms with E-state index in [1.165, 1.54) is 6.92 Å². The van der Waals surface area contributed by atoms with Crippen LogP contribution in [0.1, 0.15) is 99.8 Å². The summed E-state index contributed by atoms with van der Waals surface area (Å²) in [5.41, 5.74) is -0.613. The first kappa shape index (κ1) is 38.5. The largest absolute Gasteiger partial charge is 0.457 e. The van der Waals surface area contributed by atoms with E-state index in [1.807, 2.05) is 52.0 Å². The molecule has 0 aromatic carbocycles. The van der Waals surface area contributed by atoms with E-state index in [0.29, 0.717) is 13.0 Å². The van der Waals surface area contributed by atoms with E-state index in [2.05, 4.69) is 6.92 Å². The van der Waals surface area contributed by atoms with E-state index in [1.54, 1.807) is 24.9 Å². The number of amides is 1. The SMILES string of the molecule is CCCCCCN(C)C(=O)OC(C(C)/C=C/C=C(\C)C1OC(=O)CC(O)CCC(C)(O)C(OC(C)=O)/C=C/CC1C)C1OC1C. The summed E-state index contributed by atoms with van der Waals surface area (Å²) in [7, 11) is 1.76. The van der Waals surface area contributed by atoms with Crippen molar-refractivity contribution in [2.24, 2.45) is 11.8 Å². The molecule has 2 heterocycles. The number of cyclic esters (lactones) is 1. The Morgan fingerprint density at radius 2 is 1.91 bits per heavy atom. The van der Waals surface area contributed by atoms with Gasteiger partial charge in [-0.15, -0.1) is 0 Å². The van der Waals surface area contributed by atoms with Crippen LogP contribution in [-0.2, 0) is 28.5 Å². The molecule has 0 radical (unpaired) electrons. The van der Waals surface area contributed by atoms with Crippen LogP contribution in [0, 0.1) is 11.8 Å². The van der Waals surface area contributed by atoms with Crippen LogP contribution in [0.4, 0.5) is 4.79 Å². The first-order chi connectivity index (χ1) is 21.2. The zero-order valence-corrected chi connectivity index (χ0v) is 28.6. The van der Waals surface area contributed by atoms with E-state index < -0.39 is 42.0 Å². The maximum atomic E-state index is 12.8. The standard InChI is InChI=1S/C35H57NO9/c1-9-10-11-12-21-36(8)34(40)45-32(33-26(5)42-33)25(4)16-13-15-23(2)31-24(3)17-14-18-29(43-27(6)37)35(7,41)20-19-28(38)22-30(39)44-31/h13-16,18,24-26,28-29,31-33,38,41H,9-12,17,19-22H2,1-8H3/b16-13+,18-14+,23-15+. The van der Waals surface area contributed by atoms with Gasteiger partial charge < -0.3 is 34.1 Å². The summed E-state index contributed by atoms with van der Waals surface area (Å²) in [6, 6.07) is 0. The number of aliphatic hydroxyl groups is 2. The van der Waals surface area contributed by atoms with Crippen LogP contribution in [0.25, 0.3) is 0 Å². The lowest BCUT2D eigenvalue weighted by molar-refractivity contribution is -0.156. The van der Waals surface area contributed by atoms with E-state index >= 15 is 0 Å². The van der Waals surface area contributed by atoms with Crippen LogP contribution < -0.4 is 0 Å². The average Bonchev–Trinajstić information content (AvgIpc) is 3.69. The van der Waals surface area contributed by atoms with Crippen LogP contribution in [0.5, 0.6) is 0 Å². The summed E-state index contributed by atoms with van der Waals surface area (Å²) < 4.78 is 22.9. The lowest BCUT2D eigenvalue weighted by Gasteiger charge is -2.31. The van der Waals surface area contributed by atoms with Crippen molar-refractivity contribution in [3.63, 3.8) is 0 Å². The molecular formula is C35H57NO9. The van der Waals surface area contributed by atoms with Crippen molar-refractivity contribution in [3.8, 4) is 0 Å². The van der Waals surface area contributed by atoms with Gasteiger partial charge in [-0.1, -0.05) is 64.3 Å². The van der Waals surface area contributed by atoms with Crippen molar-refractivity contribution in [1.82, 2.24) is 4.90 Å². The van der Waals surface area contributed by atoms with Crippen molar-refractivity contribution in [2.75, 3.05) is 13.6 Å². The van der Waals surface area contributed by atoms with Gasteiger partial charge in [0.15, 0.2) is 0 Å². The maximum absolute atomic E-state index is 12.8. The number of ether oxygens (including phenoxy) is 4. The number of rotatable bonds is 12. The third kappa shape index (κ3) is 13.3. The van der Waals surface area contributed by atoms with E-state index in [0.717, 1.165) is 31.3 Å². The van der Waals surface area contributed by atoms with Gasteiger partial charge in [-0.05, 0) is 58.1 Å². The van der Waals surface area contributed by atoms with Crippen LogP contribution in [0.2, 0.25) is 0 Å². The summed E-state index contributed by atoms with van der Waals surface area (Å²) >= 11 is 0. The molecule has 0 aliphatic carbocycles. The molecule has 256 valence electrons. The first-order valence-electron chi connectivity index (χ1n) is 16.5. The minimum Gasteiger partial charge on any atom is -0.457 e.